The average molecular weight is 333 g/mol. The summed E-state index contributed by atoms with van der Waals surface area (Å²) < 4.78 is 5.13. The van der Waals surface area contributed by atoms with Crippen molar-refractivity contribution in [3.05, 3.63) is 65.9 Å². The van der Waals surface area contributed by atoms with E-state index in [2.05, 4.69) is 10.1 Å². The molecule has 2 aliphatic heterocycles. The third-order valence-electron chi connectivity index (χ3n) is 3.89. The van der Waals surface area contributed by atoms with Crippen molar-refractivity contribution < 1.29 is 9.53 Å². The molecular formula is C18H15N5O2. The molecule has 0 aromatic heterocycles. The van der Waals surface area contributed by atoms with Gasteiger partial charge in [0.05, 0.1) is 12.8 Å². The second kappa shape index (κ2) is 5.79. The molecule has 7 heteroatoms. The smallest absolute Gasteiger partial charge is 0.300 e. The number of nitrogens with two attached hydrogens (primary N) is 1. The Morgan fingerprint density at radius 1 is 1.08 bits per heavy atom. The van der Waals surface area contributed by atoms with Gasteiger partial charge in [0.15, 0.2) is 0 Å². The number of carbonyl (C=O) groups is 1. The molecule has 0 spiro atoms. The van der Waals surface area contributed by atoms with Gasteiger partial charge in [0, 0.05) is 0 Å². The molecule has 0 fully saturated rings. The number of benzene rings is 2. The minimum atomic E-state index is -0.313. The molecule has 0 saturated carbocycles. The van der Waals surface area contributed by atoms with Crippen LogP contribution in [0.4, 0.5) is 5.69 Å². The average Bonchev–Trinajstić information content (AvgIpc) is 3.12. The van der Waals surface area contributed by atoms with E-state index in [0.717, 1.165) is 17.0 Å². The summed E-state index contributed by atoms with van der Waals surface area (Å²) >= 11 is 0. The van der Waals surface area contributed by atoms with Crippen molar-refractivity contribution in [3.8, 4) is 5.75 Å². The van der Waals surface area contributed by atoms with Gasteiger partial charge in [-0.15, -0.1) is 5.10 Å². The fourth-order valence-electron chi connectivity index (χ4n) is 2.66. The molecule has 2 aliphatic rings. The van der Waals surface area contributed by atoms with E-state index in [1.807, 2.05) is 54.6 Å². The van der Waals surface area contributed by atoms with Crippen LogP contribution in [0.25, 0.3) is 6.08 Å². The van der Waals surface area contributed by atoms with E-state index < -0.39 is 0 Å². The quantitative estimate of drug-likeness (QED) is 0.871. The second-order valence-corrected chi connectivity index (χ2v) is 5.46. The van der Waals surface area contributed by atoms with Crippen molar-refractivity contribution >= 4 is 29.6 Å². The van der Waals surface area contributed by atoms with Crippen molar-refractivity contribution in [2.45, 2.75) is 0 Å². The Kier molecular flexibility index (Phi) is 3.46. The number of hydrazone groups is 1. The summed E-state index contributed by atoms with van der Waals surface area (Å²) in [6.07, 6.45) is 1.71. The lowest BCUT2D eigenvalue weighted by atomic mass is 10.2. The van der Waals surface area contributed by atoms with Gasteiger partial charge < -0.3 is 10.5 Å². The van der Waals surface area contributed by atoms with Crippen LogP contribution in [0.5, 0.6) is 5.75 Å². The summed E-state index contributed by atoms with van der Waals surface area (Å²) in [5, 5.41) is 5.34. The van der Waals surface area contributed by atoms with Gasteiger partial charge in [-0.1, -0.05) is 30.3 Å². The van der Waals surface area contributed by atoms with Crippen LogP contribution in [0.2, 0.25) is 0 Å². The van der Waals surface area contributed by atoms with Crippen molar-refractivity contribution in [1.82, 2.24) is 5.01 Å². The first-order chi connectivity index (χ1) is 12.2. The van der Waals surface area contributed by atoms with Crippen molar-refractivity contribution in [1.29, 1.82) is 0 Å². The fourth-order valence-corrected chi connectivity index (χ4v) is 2.66. The predicted molar refractivity (Wildman–Crippen MR) is 95.8 cm³/mol. The Balaban J connectivity index is 1.69. The number of aliphatic imine (C=N–C) groups is 1. The maximum Gasteiger partial charge on any atom is 0.300 e. The zero-order valence-corrected chi connectivity index (χ0v) is 13.5. The number of amides is 1. The van der Waals surface area contributed by atoms with Gasteiger partial charge in [-0.25, -0.2) is 9.89 Å². The number of carbonyl (C=O) groups excluding carboxylic acids is 1. The lowest BCUT2D eigenvalue weighted by molar-refractivity contribution is -0.122. The second-order valence-electron chi connectivity index (χ2n) is 5.46. The molecule has 0 aliphatic carbocycles. The Morgan fingerprint density at radius 3 is 2.48 bits per heavy atom. The van der Waals surface area contributed by atoms with Gasteiger partial charge in [-0.3, -0.25) is 4.79 Å². The van der Waals surface area contributed by atoms with E-state index in [0.29, 0.717) is 11.7 Å². The zero-order chi connectivity index (χ0) is 17.4. The maximum atomic E-state index is 12.6. The van der Waals surface area contributed by atoms with Gasteiger partial charge in [-0.05, 0) is 35.9 Å². The van der Waals surface area contributed by atoms with Gasteiger partial charge in [0.2, 0.25) is 11.9 Å². The first-order valence-electron chi connectivity index (χ1n) is 7.65. The SMILES string of the molecule is COc1ccc(/C=C2/N=C3N(N=C(N)N3c3ccccc3)C2=O)cc1. The number of guanidine groups is 2. The maximum absolute atomic E-state index is 12.6. The molecule has 0 atom stereocenters. The number of methoxy groups -OCH3 is 1. The monoisotopic (exact) mass is 333 g/mol. The number of ether oxygens (including phenoxy) is 1. The van der Waals surface area contributed by atoms with Crippen LogP contribution in [0.15, 0.2) is 70.4 Å². The summed E-state index contributed by atoms with van der Waals surface area (Å²) in [7, 11) is 1.61. The molecule has 25 heavy (non-hydrogen) atoms. The van der Waals surface area contributed by atoms with Crippen LogP contribution >= 0.6 is 0 Å². The number of hydrogen-bond acceptors (Lipinski definition) is 6. The number of anilines is 1. The normalized spacial score (nSPS) is 17.6. The molecule has 7 nitrogen and oxygen atoms in total. The molecule has 1 amide bonds. The Hall–Kier alpha value is -3.61. The standard InChI is InChI=1S/C18H15N5O2/c1-25-14-9-7-12(8-10-14)11-15-16(24)23-18(20-15)22(17(19)21-23)13-5-3-2-4-6-13/h2-11H,1H3,(H2,19,21)/b15-11+. The fraction of sp³-hybridized carbons (Fsp3) is 0.0556. The van der Waals surface area contributed by atoms with Gasteiger partial charge in [0.25, 0.3) is 5.91 Å². The van der Waals surface area contributed by atoms with Crippen LogP contribution in [0.1, 0.15) is 5.56 Å². The topological polar surface area (TPSA) is 83.5 Å². The van der Waals surface area contributed by atoms with E-state index in [4.69, 9.17) is 10.5 Å². The Bertz CT molecular complexity index is 916. The molecule has 2 N–H and O–H groups in total. The number of para-hydroxylation sites is 1. The van der Waals surface area contributed by atoms with E-state index in [1.54, 1.807) is 18.1 Å². The number of rotatable bonds is 3. The Labute approximate surface area is 144 Å². The third-order valence-corrected chi connectivity index (χ3v) is 3.89. The molecule has 0 unspecified atom stereocenters. The minimum Gasteiger partial charge on any atom is -0.497 e. The van der Waals surface area contributed by atoms with Crippen molar-refractivity contribution in [2.24, 2.45) is 15.8 Å². The highest BCUT2D eigenvalue weighted by Crippen LogP contribution is 2.28. The molecule has 0 bridgehead atoms. The van der Waals surface area contributed by atoms with Crippen molar-refractivity contribution in [2.75, 3.05) is 12.0 Å². The zero-order valence-electron chi connectivity index (χ0n) is 13.5. The summed E-state index contributed by atoms with van der Waals surface area (Å²) in [6.45, 7) is 0. The first kappa shape index (κ1) is 14.9. The largest absolute Gasteiger partial charge is 0.497 e. The van der Waals surface area contributed by atoms with E-state index in [-0.39, 0.29) is 11.9 Å². The van der Waals surface area contributed by atoms with Crippen LogP contribution in [0.3, 0.4) is 0 Å². The lowest BCUT2D eigenvalue weighted by Gasteiger charge is -2.16. The number of hydrogen-bond donors (Lipinski definition) is 1. The summed E-state index contributed by atoms with van der Waals surface area (Å²) in [5.74, 6) is 1.03. The summed E-state index contributed by atoms with van der Waals surface area (Å²) in [5.41, 5.74) is 7.90. The van der Waals surface area contributed by atoms with Crippen LogP contribution in [-0.2, 0) is 4.79 Å². The van der Waals surface area contributed by atoms with Gasteiger partial charge in [0.1, 0.15) is 11.4 Å². The van der Waals surface area contributed by atoms with E-state index in [1.165, 1.54) is 5.01 Å². The molecule has 0 radical (unpaired) electrons. The lowest BCUT2D eigenvalue weighted by Crippen LogP contribution is -2.39. The molecule has 0 saturated heterocycles. The minimum absolute atomic E-state index is 0.210. The molecular weight excluding hydrogens is 318 g/mol. The molecule has 2 aromatic carbocycles. The molecule has 4 rings (SSSR count). The first-order valence-corrected chi connectivity index (χ1v) is 7.65. The molecule has 124 valence electrons. The predicted octanol–water partition coefficient (Wildman–Crippen LogP) is 1.98. The third kappa shape index (κ3) is 2.51. The van der Waals surface area contributed by atoms with Crippen LogP contribution < -0.4 is 15.4 Å². The highest BCUT2D eigenvalue weighted by atomic mass is 16.5. The number of nitrogens with zero attached hydrogens (tertiary/aromatic N) is 4. The van der Waals surface area contributed by atoms with Crippen LogP contribution in [0, 0.1) is 0 Å². The number of fused-ring (bicyclic) bond motifs is 1. The Morgan fingerprint density at radius 2 is 1.80 bits per heavy atom. The van der Waals surface area contributed by atoms with Crippen LogP contribution in [-0.4, -0.2) is 29.9 Å². The van der Waals surface area contributed by atoms with E-state index in [9.17, 15) is 4.79 Å². The summed E-state index contributed by atoms with van der Waals surface area (Å²) in [4.78, 5) is 18.6. The van der Waals surface area contributed by atoms with E-state index >= 15 is 0 Å². The highest BCUT2D eigenvalue weighted by molar-refractivity contribution is 6.29. The van der Waals surface area contributed by atoms with Gasteiger partial charge in [-0.2, -0.15) is 5.01 Å². The highest BCUT2D eigenvalue weighted by Gasteiger charge is 2.41. The molecule has 2 heterocycles. The van der Waals surface area contributed by atoms with Gasteiger partial charge >= 0.3 is 0 Å². The van der Waals surface area contributed by atoms with Crippen molar-refractivity contribution in [3.63, 3.8) is 0 Å². The summed E-state index contributed by atoms with van der Waals surface area (Å²) in [6, 6.07) is 16.8. The molecule has 2 aromatic rings.